The van der Waals surface area contributed by atoms with Crippen LogP contribution < -0.4 is 5.32 Å². The molecule has 0 saturated heterocycles. The smallest absolute Gasteiger partial charge is 0.251 e. The van der Waals surface area contributed by atoms with Crippen molar-refractivity contribution < 1.29 is 17.7 Å². The largest absolute Gasteiger partial charge is 0.361 e. The van der Waals surface area contributed by atoms with Crippen LogP contribution in [0.2, 0.25) is 0 Å². The Bertz CT molecular complexity index is 827. The van der Waals surface area contributed by atoms with Crippen LogP contribution in [0.15, 0.2) is 39.8 Å². The third-order valence-corrected chi connectivity index (χ3v) is 5.64. The maximum atomic E-state index is 12.5. The number of aromatic nitrogens is 1. The molecule has 0 fully saturated rings. The molecule has 0 saturated carbocycles. The molecule has 7 nitrogen and oxygen atoms in total. The molecule has 1 heterocycles. The lowest BCUT2D eigenvalue weighted by atomic mass is 10.2. The lowest BCUT2D eigenvalue weighted by Gasteiger charge is -2.21. The number of benzene rings is 1. The lowest BCUT2D eigenvalue weighted by Crippen LogP contribution is -2.33. The zero-order valence-corrected chi connectivity index (χ0v) is 14.9. The van der Waals surface area contributed by atoms with Gasteiger partial charge in [0.25, 0.3) is 5.91 Å². The number of carbonyl (C=O) groups excluding carboxylic acids is 1. The van der Waals surface area contributed by atoms with Crippen molar-refractivity contribution in [1.82, 2.24) is 14.8 Å². The van der Waals surface area contributed by atoms with E-state index in [4.69, 9.17) is 4.52 Å². The molecule has 1 aromatic carbocycles. The van der Waals surface area contributed by atoms with Gasteiger partial charge in [-0.15, -0.1) is 0 Å². The molecule has 0 atom stereocenters. The van der Waals surface area contributed by atoms with Crippen molar-refractivity contribution in [2.45, 2.75) is 38.3 Å². The molecule has 0 aliphatic carbocycles. The van der Waals surface area contributed by atoms with E-state index in [9.17, 15) is 13.2 Å². The van der Waals surface area contributed by atoms with Gasteiger partial charge in [0.15, 0.2) is 0 Å². The first-order valence-corrected chi connectivity index (χ1v) is 8.94. The van der Waals surface area contributed by atoms with Crippen molar-refractivity contribution in [2.75, 3.05) is 7.05 Å². The van der Waals surface area contributed by atoms with Crippen LogP contribution in [0.3, 0.4) is 0 Å². The Hall–Kier alpha value is -2.19. The zero-order valence-electron chi connectivity index (χ0n) is 14.1. The molecule has 1 N–H and O–H groups in total. The van der Waals surface area contributed by atoms with Gasteiger partial charge < -0.3 is 9.84 Å². The number of rotatable bonds is 6. The molecule has 1 amide bonds. The van der Waals surface area contributed by atoms with Crippen LogP contribution in [0.1, 0.15) is 35.7 Å². The van der Waals surface area contributed by atoms with Crippen molar-refractivity contribution >= 4 is 15.9 Å². The van der Waals surface area contributed by atoms with Gasteiger partial charge in [-0.05, 0) is 39.0 Å². The van der Waals surface area contributed by atoms with Crippen LogP contribution in [-0.4, -0.2) is 36.9 Å². The summed E-state index contributed by atoms with van der Waals surface area (Å²) in [5, 5.41) is 6.48. The molecule has 8 heteroatoms. The fourth-order valence-corrected chi connectivity index (χ4v) is 3.43. The molecule has 1 aromatic heterocycles. The van der Waals surface area contributed by atoms with Crippen molar-refractivity contribution in [1.29, 1.82) is 0 Å². The summed E-state index contributed by atoms with van der Waals surface area (Å²) in [6.07, 6.45) is 0. The summed E-state index contributed by atoms with van der Waals surface area (Å²) in [5.74, 6) is 0.281. The molecule has 130 valence electrons. The highest BCUT2D eigenvalue weighted by atomic mass is 32.2. The monoisotopic (exact) mass is 351 g/mol. The summed E-state index contributed by atoms with van der Waals surface area (Å²) >= 11 is 0. The van der Waals surface area contributed by atoms with E-state index in [0.29, 0.717) is 11.5 Å². The van der Waals surface area contributed by atoms with E-state index >= 15 is 0 Å². The molecule has 0 aliphatic rings. The number of amides is 1. The van der Waals surface area contributed by atoms with Gasteiger partial charge in [-0.25, -0.2) is 8.42 Å². The third-order valence-electron chi connectivity index (χ3n) is 3.61. The van der Waals surface area contributed by atoms with Crippen LogP contribution in [0.5, 0.6) is 0 Å². The topological polar surface area (TPSA) is 92.5 Å². The van der Waals surface area contributed by atoms with Crippen molar-refractivity contribution in [3.8, 4) is 0 Å². The average molecular weight is 351 g/mol. The van der Waals surface area contributed by atoms with E-state index < -0.39 is 10.0 Å². The molecule has 0 aliphatic heterocycles. The Morgan fingerprint density at radius 1 is 1.33 bits per heavy atom. The Kier molecular flexibility index (Phi) is 5.40. The lowest BCUT2D eigenvalue weighted by molar-refractivity contribution is 0.0950. The minimum atomic E-state index is -3.63. The Morgan fingerprint density at radius 3 is 2.62 bits per heavy atom. The SMILES string of the molecule is Cc1cc(CNC(=O)c2cccc(S(=O)(=O)N(C)C(C)C)c2)no1. The summed E-state index contributed by atoms with van der Waals surface area (Å²) in [4.78, 5) is 12.3. The molecule has 0 spiro atoms. The summed E-state index contributed by atoms with van der Waals surface area (Å²) in [5.41, 5.74) is 0.873. The van der Waals surface area contributed by atoms with Crippen molar-refractivity contribution in [2.24, 2.45) is 0 Å². The first-order chi connectivity index (χ1) is 11.2. The molecule has 2 rings (SSSR count). The normalized spacial score (nSPS) is 11.9. The Morgan fingerprint density at radius 2 is 2.04 bits per heavy atom. The van der Waals surface area contributed by atoms with E-state index in [1.807, 2.05) is 0 Å². The minimum absolute atomic E-state index is 0.0867. The van der Waals surface area contributed by atoms with Gasteiger partial charge in [-0.2, -0.15) is 4.31 Å². The Balaban J connectivity index is 2.16. The van der Waals surface area contributed by atoms with Gasteiger partial charge in [-0.1, -0.05) is 11.2 Å². The van der Waals surface area contributed by atoms with Gasteiger partial charge in [0.05, 0.1) is 11.4 Å². The standard InChI is InChI=1S/C16H21N3O4S/c1-11(2)19(4)24(21,22)15-7-5-6-13(9-15)16(20)17-10-14-8-12(3)23-18-14/h5-9,11H,10H2,1-4H3,(H,17,20). The van der Waals surface area contributed by atoms with E-state index in [1.54, 1.807) is 39.0 Å². The highest BCUT2D eigenvalue weighted by molar-refractivity contribution is 7.89. The molecule has 2 aromatic rings. The molecule has 24 heavy (non-hydrogen) atoms. The van der Waals surface area contributed by atoms with Gasteiger partial charge in [-0.3, -0.25) is 4.79 Å². The van der Waals surface area contributed by atoms with Gasteiger partial charge in [0, 0.05) is 24.7 Å². The molecular weight excluding hydrogens is 330 g/mol. The van der Waals surface area contributed by atoms with Gasteiger partial charge in [0.1, 0.15) is 11.5 Å². The van der Waals surface area contributed by atoms with Crippen LogP contribution in [0, 0.1) is 6.92 Å². The van der Waals surface area contributed by atoms with Gasteiger partial charge in [0.2, 0.25) is 10.0 Å². The summed E-state index contributed by atoms with van der Waals surface area (Å²) in [6.45, 7) is 5.54. The van der Waals surface area contributed by atoms with Crippen molar-refractivity contribution in [3.05, 3.63) is 47.3 Å². The van der Waals surface area contributed by atoms with Gasteiger partial charge >= 0.3 is 0 Å². The third kappa shape index (κ3) is 4.01. The molecular formula is C16H21N3O4S. The second kappa shape index (κ2) is 7.14. The maximum absolute atomic E-state index is 12.5. The summed E-state index contributed by atoms with van der Waals surface area (Å²) in [6, 6.07) is 7.51. The predicted molar refractivity (Wildman–Crippen MR) is 88.9 cm³/mol. The van der Waals surface area contributed by atoms with Crippen molar-refractivity contribution in [3.63, 3.8) is 0 Å². The quantitative estimate of drug-likeness (QED) is 0.858. The molecule has 0 unspecified atom stereocenters. The minimum Gasteiger partial charge on any atom is -0.361 e. The van der Waals surface area contributed by atoms with Crippen LogP contribution in [-0.2, 0) is 16.6 Å². The average Bonchev–Trinajstić information content (AvgIpc) is 2.97. The summed E-state index contributed by atoms with van der Waals surface area (Å²) < 4.78 is 31.2. The molecule has 0 bridgehead atoms. The van der Waals surface area contributed by atoms with E-state index in [1.165, 1.54) is 23.5 Å². The highest BCUT2D eigenvalue weighted by Gasteiger charge is 2.23. The molecule has 0 radical (unpaired) electrons. The number of sulfonamides is 1. The van der Waals surface area contributed by atoms with Crippen LogP contribution >= 0.6 is 0 Å². The first-order valence-electron chi connectivity index (χ1n) is 7.50. The number of nitrogens with zero attached hydrogens (tertiary/aromatic N) is 2. The van der Waals surface area contributed by atoms with E-state index in [-0.39, 0.29) is 29.0 Å². The van der Waals surface area contributed by atoms with Crippen LogP contribution in [0.4, 0.5) is 0 Å². The number of aryl methyl sites for hydroxylation is 1. The second-order valence-corrected chi connectivity index (χ2v) is 7.75. The fraction of sp³-hybridized carbons (Fsp3) is 0.375. The number of hydrogen-bond donors (Lipinski definition) is 1. The highest BCUT2D eigenvalue weighted by Crippen LogP contribution is 2.18. The summed E-state index contributed by atoms with van der Waals surface area (Å²) in [7, 11) is -2.12. The number of hydrogen-bond acceptors (Lipinski definition) is 5. The predicted octanol–water partition coefficient (Wildman–Crippen LogP) is 1.94. The van der Waals surface area contributed by atoms with E-state index in [0.717, 1.165) is 0 Å². The first kappa shape index (κ1) is 18.2. The van der Waals surface area contributed by atoms with E-state index in [2.05, 4.69) is 10.5 Å². The number of nitrogens with one attached hydrogen (secondary N) is 1. The van der Waals surface area contributed by atoms with Crippen LogP contribution in [0.25, 0.3) is 0 Å². The maximum Gasteiger partial charge on any atom is 0.251 e. The zero-order chi connectivity index (χ0) is 17.9. The second-order valence-electron chi connectivity index (χ2n) is 5.75. The fourth-order valence-electron chi connectivity index (χ4n) is 2.02. The number of carbonyl (C=O) groups is 1. The Labute approximate surface area is 141 Å².